The van der Waals surface area contributed by atoms with E-state index in [1.807, 2.05) is 27.7 Å². The van der Waals surface area contributed by atoms with Crippen molar-refractivity contribution in [1.82, 2.24) is 0 Å². The molecule has 0 spiro atoms. The van der Waals surface area contributed by atoms with Crippen LogP contribution in [0.3, 0.4) is 0 Å². The predicted molar refractivity (Wildman–Crippen MR) is 95.1 cm³/mol. The van der Waals surface area contributed by atoms with Gasteiger partial charge in [0.15, 0.2) is 0 Å². The maximum Gasteiger partial charge on any atom is 2.00 e. The summed E-state index contributed by atoms with van der Waals surface area (Å²) in [6.07, 6.45) is 8.34. The monoisotopic (exact) mass is 405 g/mol. The molecule has 0 atom stereocenters. The van der Waals surface area contributed by atoms with E-state index < -0.39 is 22.8 Å². The van der Waals surface area contributed by atoms with E-state index in [9.17, 15) is 19.8 Å². The van der Waals surface area contributed by atoms with Gasteiger partial charge in [0.25, 0.3) is 0 Å². The molecule has 4 nitrogen and oxygen atoms in total. The minimum atomic E-state index is -0.874. The Bertz CT molecular complexity index is 314. The zero-order chi connectivity index (χ0) is 19.2. The maximum absolute atomic E-state index is 10.9. The van der Waals surface area contributed by atoms with Gasteiger partial charge in [0.1, 0.15) is 0 Å². The van der Waals surface area contributed by atoms with Crippen molar-refractivity contribution in [1.29, 1.82) is 0 Å². The summed E-state index contributed by atoms with van der Waals surface area (Å²) >= 11 is 0. The van der Waals surface area contributed by atoms with E-state index in [1.54, 1.807) is 0 Å². The van der Waals surface area contributed by atoms with Crippen LogP contribution in [-0.4, -0.2) is 11.9 Å². The number of carbonyl (C=O) groups is 2. The van der Waals surface area contributed by atoms with Crippen LogP contribution in [0.15, 0.2) is 0 Å². The van der Waals surface area contributed by atoms with Crippen molar-refractivity contribution in [3.8, 4) is 0 Å². The quantitative estimate of drug-likeness (QED) is 0.465. The molecule has 1 radical (unpaired) electrons. The summed E-state index contributed by atoms with van der Waals surface area (Å²) in [6.45, 7) is 11.9. The first-order valence-corrected chi connectivity index (χ1v) is 9.68. The van der Waals surface area contributed by atoms with Crippen LogP contribution in [0.4, 0.5) is 0 Å². The van der Waals surface area contributed by atoms with E-state index in [2.05, 4.69) is 13.8 Å². The summed E-state index contributed by atoms with van der Waals surface area (Å²) in [5.41, 5.74) is -1.12. The number of rotatable bonds is 12. The fourth-order valence-electron chi connectivity index (χ4n) is 3.02. The van der Waals surface area contributed by atoms with Gasteiger partial charge in [0.2, 0.25) is 0 Å². The van der Waals surface area contributed by atoms with E-state index in [0.29, 0.717) is 25.7 Å². The molecule has 0 aromatic rings. The molecule has 0 saturated carbocycles. The maximum atomic E-state index is 10.9. The average Bonchev–Trinajstić information content (AvgIpc) is 2.58. The molecule has 0 saturated heterocycles. The number of hydrogen-bond donors (Lipinski definition) is 0. The Morgan fingerprint density at radius 3 is 1.00 bits per heavy atom. The fraction of sp³-hybridized carbons (Fsp3) is 0.900. The topological polar surface area (TPSA) is 80.3 Å². The Morgan fingerprint density at radius 1 is 0.640 bits per heavy atom. The predicted octanol–water partition coefficient (Wildman–Crippen LogP) is 3.46. The molecule has 0 aliphatic heterocycles. The molecule has 0 heterocycles. The molecule has 0 bridgehead atoms. The zero-order valence-electron chi connectivity index (χ0n) is 17.0. The van der Waals surface area contributed by atoms with Crippen LogP contribution in [0.1, 0.15) is 106 Å². The molecule has 153 valence electrons. The van der Waals surface area contributed by atoms with Crippen molar-refractivity contribution >= 4 is 11.9 Å². The van der Waals surface area contributed by atoms with Gasteiger partial charge in [-0.3, -0.25) is 0 Å². The van der Waals surface area contributed by atoms with Crippen molar-refractivity contribution in [3.63, 3.8) is 0 Å². The molecule has 0 aromatic heterocycles. The van der Waals surface area contributed by atoms with E-state index >= 15 is 0 Å². The molecule has 5 heteroatoms. The molecule has 0 aliphatic carbocycles. The van der Waals surface area contributed by atoms with Gasteiger partial charge in [-0.15, -0.1) is 0 Å². The first kappa shape index (κ1) is 29.2. The summed E-state index contributed by atoms with van der Waals surface area (Å²) in [7, 11) is 0. The Labute approximate surface area is 165 Å². The van der Waals surface area contributed by atoms with Gasteiger partial charge in [-0.1, -0.05) is 67.2 Å². The van der Waals surface area contributed by atoms with Crippen molar-refractivity contribution in [2.75, 3.05) is 0 Å². The Balaban J connectivity index is -0.000000372. The average molecular weight is 406 g/mol. The van der Waals surface area contributed by atoms with Crippen molar-refractivity contribution in [3.05, 3.63) is 0 Å². The van der Waals surface area contributed by atoms with E-state index in [4.69, 9.17) is 0 Å². The molecule has 0 fully saturated rings. The second kappa shape index (κ2) is 15.7. The fourth-order valence-corrected chi connectivity index (χ4v) is 3.02. The normalized spacial score (nSPS) is 11.1. The van der Waals surface area contributed by atoms with Crippen molar-refractivity contribution in [2.24, 2.45) is 10.8 Å². The van der Waals surface area contributed by atoms with Crippen LogP contribution in [0.25, 0.3) is 0 Å². The van der Waals surface area contributed by atoms with Gasteiger partial charge in [-0.05, 0) is 38.5 Å². The standard InChI is InChI=1S/2C10H20O2.Cu/c2*1-4-7-8-10(5-2,6-3)9(11)12;/h2*4-8H2,1-3H3,(H,11,12);/q;;+2/p-2. The molecular weight excluding hydrogens is 368 g/mol. The molecule has 0 N–H and O–H groups in total. The van der Waals surface area contributed by atoms with Crippen molar-refractivity contribution < 1.29 is 36.9 Å². The van der Waals surface area contributed by atoms with Gasteiger partial charge < -0.3 is 19.8 Å². The number of hydrogen-bond acceptors (Lipinski definition) is 4. The van der Waals surface area contributed by atoms with E-state index in [-0.39, 0.29) is 17.1 Å². The summed E-state index contributed by atoms with van der Waals surface area (Å²) in [4.78, 5) is 21.8. The van der Waals surface area contributed by atoms with Crippen LogP contribution >= 0.6 is 0 Å². The third-order valence-corrected chi connectivity index (χ3v) is 5.59. The molecule has 0 aromatic carbocycles. The van der Waals surface area contributed by atoms with E-state index in [0.717, 1.165) is 38.5 Å². The van der Waals surface area contributed by atoms with Crippen LogP contribution in [0.5, 0.6) is 0 Å². The molecule has 25 heavy (non-hydrogen) atoms. The van der Waals surface area contributed by atoms with Crippen LogP contribution < -0.4 is 10.2 Å². The second-order valence-electron chi connectivity index (χ2n) is 6.76. The first-order valence-electron chi connectivity index (χ1n) is 9.68. The molecule has 0 aliphatic rings. The van der Waals surface area contributed by atoms with Gasteiger partial charge in [-0.2, -0.15) is 0 Å². The van der Waals surface area contributed by atoms with Gasteiger partial charge in [-0.25, -0.2) is 0 Å². The zero-order valence-corrected chi connectivity index (χ0v) is 17.9. The summed E-state index contributed by atoms with van der Waals surface area (Å²) in [6, 6.07) is 0. The second-order valence-corrected chi connectivity index (χ2v) is 6.76. The number of carboxylic acids is 2. The van der Waals surface area contributed by atoms with Gasteiger partial charge in [0.05, 0.1) is 0 Å². The smallest absolute Gasteiger partial charge is 0.550 e. The Morgan fingerprint density at radius 2 is 0.880 bits per heavy atom. The summed E-state index contributed by atoms with van der Waals surface area (Å²) < 4.78 is 0. The molecule has 0 rings (SSSR count). The Hall–Kier alpha value is -0.541. The number of unbranched alkanes of at least 4 members (excludes halogenated alkanes) is 2. The third-order valence-electron chi connectivity index (χ3n) is 5.59. The van der Waals surface area contributed by atoms with Crippen LogP contribution in [0, 0.1) is 10.8 Å². The largest absolute Gasteiger partial charge is 2.00 e. The van der Waals surface area contributed by atoms with Gasteiger partial charge >= 0.3 is 17.1 Å². The van der Waals surface area contributed by atoms with E-state index in [1.165, 1.54) is 0 Å². The van der Waals surface area contributed by atoms with Crippen LogP contribution in [0.2, 0.25) is 0 Å². The Kier molecular flexibility index (Phi) is 18.4. The number of carboxylic acid groups (broad SMARTS) is 2. The van der Waals surface area contributed by atoms with Gasteiger partial charge in [0, 0.05) is 22.8 Å². The first-order chi connectivity index (χ1) is 11.3. The SMILES string of the molecule is CCCCC(CC)(CC)C(=O)[O-].CCCCC(CC)(CC)C(=O)[O-].[Cu+2]. The minimum Gasteiger partial charge on any atom is -0.550 e. The number of carbonyl (C=O) groups excluding carboxylic acids is 2. The molecular formula is C20H38CuO4. The van der Waals surface area contributed by atoms with Crippen LogP contribution in [-0.2, 0) is 26.7 Å². The third kappa shape index (κ3) is 9.65. The summed E-state index contributed by atoms with van der Waals surface area (Å²) in [5.74, 6) is -1.75. The number of aliphatic carboxylic acids is 2. The summed E-state index contributed by atoms with van der Waals surface area (Å²) in [5, 5.41) is 21.8. The molecule has 0 unspecified atom stereocenters. The molecule has 0 amide bonds. The minimum absolute atomic E-state index is 0. The van der Waals surface area contributed by atoms with Crippen molar-refractivity contribution in [2.45, 2.75) is 106 Å².